The Morgan fingerprint density at radius 3 is 2.74 bits per heavy atom. The second-order valence-electron chi connectivity index (χ2n) is 4.10. The van der Waals surface area contributed by atoms with Gasteiger partial charge in [-0.15, -0.1) is 0 Å². The molecule has 0 aliphatic heterocycles. The van der Waals surface area contributed by atoms with Gasteiger partial charge in [0.15, 0.2) is 12.4 Å². The van der Waals surface area contributed by atoms with Crippen molar-refractivity contribution in [1.29, 1.82) is 0 Å². The lowest BCUT2D eigenvalue weighted by molar-refractivity contribution is -0.151. The average Bonchev–Trinajstić information content (AvgIpc) is 2.40. The molecular formula is C14H19NO4. The van der Waals surface area contributed by atoms with Crippen molar-refractivity contribution in [1.82, 2.24) is 4.98 Å². The molecule has 5 nitrogen and oxygen atoms in total. The predicted molar refractivity (Wildman–Crippen MR) is 70.3 cm³/mol. The molecule has 0 amide bonds. The fourth-order valence-corrected chi connectivity index (χ4v) is 1.62. The third-order valence-corrected chi connectivity index (χ3v) is 2.51. The zero-order chi connectivity index (χ0) is 14.3. The molecule has 0 saturated carbocycles. The van der Waals surface area contributed by atoms with Crippen LogP contribution in [0.2, 0.25) is 0 Å². The summed E-state index contributed by atoms with van der Waals surface area (Å²) >= 11 is 0. The van der Waals surface area contributed by atoms with Crippen molar-refractivity contribution >= 4 is 12.3 Å². The molecule has 1 aromatic heterocycles. The molecule has 0 aromatic carbocycles. The van der Waals surface area contributed by atoms with Crippen LogP contribution in [0.15, 0.2) is 12.1 Å². The minimum Gasteiger partial charge on any atom is -0.476 e. The van der Waals surface area contributed by atoms with Crippen LogP contribution in [-0.2, 0) is 9.53 Å². The van der Waals surface area contributed by atoms with Gasteiger partial charge in [-0.05, 0) is 32.4 Å². The Hall–Kier alpha value is -1.91. The summed E-state index contributed by atoms with van der Waals surface area (Å²) in [5.74, 6) is -0.103. The number of aryl methyl sites for hydroxylation is 1. The molecule has 1 unspecified atom stereocenters. The van der Waals surface area contributed by atoms with E-state index in [1.54, 1.807) is 26.0 Å². The van der Waals surface area contributed by atoms with Gasteiger partial charge < -0.3 is 9.47 Å². The first kappa shape index (κ1) is 15.1. The summed E-state index contributed by atoms with van der Waals surface area (Å²) in [5, 5.41) is 0. The van der Waals surface area contributed by atoms with Crippen molar-refractivity contribution in [2.75, 3.05) is 6.61 Å². The van der Waals surface area contributed by atoms with E-state index in [2.05, 4.69) is 4.98 Å². The van der Waals surface area contributed by atoms with Gasteiger partial charge in [-0.3, -0.25) is 4.79 Å². The van der Waals surface area contributed by atoms with Gasteiger partial charge in [-0.1, -0.05) is 13.3 Å². The smallest absolute Gasteiger partial charge is 0.347 e. The summed E-state index contributed by atoms with van der Waals surface area (Å²) in [7, 11) is 0. The Kier molecular flexibility index (Phi) is 5.99. The van der Waals surface area contributed by atoms with Gasteiger partial charge >= 0.3 is 5.97 Å². The number of rotatable bonds is 7. The van der Waals surface area contributed by atoms with Crippen LogP contribution in [-0.4, -0.2) is 30.0 Å². The maximum absolute atomic E-state index is 11.7. The number of hydrogen-bond donors (Lipinski definition) is 0. The van der Waals surface area contributed by atoms with Crippen molar-refractivity contribution in [3.8, 4) is 5.75 Å². The van der Waals surface area contributed by atoms with E-state index >= 15 is 0 Å². The van der Waals surface area contributed by atoms with Crippen molar-refractivity contribution in [2.45, 2.75) is 39.7 Å². The zero-order valence-corrected chi connectivity index (χ0v) is 11.5. The highest BCUT2D eigenvalue weighted by molar-refractivity contribution is 5.78. The highest BCUT2D eigenvalue weighted by Gasteiger charge is 2.22. The first-order valence-corrected chi connectivity index (χ1v) is 6.38. The fourth-order valence-electron chi connectivity index (χ4n) is 1.62. The summed E-state index contributed by atoms with van der Waals surface area (Å²) in [5.41, 5.74) is 0.919. The highest BCUT2D eigenvalue weighted by Crippen LogP contribution is 2.19. The minimum atomic E-state index is -0.701. The third-order valence-electron chi connectivity index (χ3n) is 2.51. The first-order chi connectivity index (χ1) is 9.12. The second kappa shape index (κ2) is 7.51. The normalized spacial score (nSPS) is 11.7. The molecule has 0 spiro atoms. The largest absolute Gasteiger partial charge is 0.476 e. The number of carbonyl (C=O) groups excluding carboxylic acids is 2. The Morgan fingerprint density at radius 2 is 2.16 bits per heavy atom. The van der Waals surface area contributed by atoms with Gasteiger partial charge in [0.05, 0.1) is 6.61 Å². The third kappa shape index (κ3) is 4.35. The second-order valence-corrected chi connectivity index (χ2v) is 4.10. The number of aromatic nitrogens is 1. The van der Waals surface area contributed by atoms with Crippen molar-refractivity contribution in [3.63, 3.8) is 0 Å². The number of pyridine rings is 1. The molecule has 0 N–H and O–H groups in total. The van der Waals surface area contributed by atoms with Gasteiger partial charge in [-0.2, -0.15) is 0 Å². The van der Waals surface area contributed by atoms with E-state index in [4.69, 9.17) is 9.47 Å². The molecule has 0 aliphatic carbocycles. The van der Waals surface area contributed by atoms with E-state index < -0.39 is 12.1 Å². The SMILES string of the molecule is CCCC(Oc1ccc(C)nc1C=O)C(=O)OCC. The van der Waals surface area contributed by atoms with Crippen LogP contribution in [0.4, 0.5) is 0 Å². The van der Waals surface area contributed by atoms with E-state index in [9.17, 15) is 9.59 Å². The number of aldehydes is 1. The Labute approximate surface area is 112 Å². The number of nitrogens with zero attached hydrogens (tertiary/aromatic N) is 1. The molecule has 1 atom stereocenters. The molecule has 0 aliphatic rings. The number of carbonyl (C=O) groups is 2. The average molecular weight is 265 g/mol. The lowest BCUT2D eigenvalue weighted by atomic mass is 10.2. The summed E-state index contributed by atoms with van der Waals surface area (Å²) in [6.45, 7) is 5.77. The van der Waals surface area contributed by atoms with Crippen molar-refractivity contribution in [2.24, 2.45) is 0 Å². The van der Waals surface area contributed by atoms with Crippen LogP contribution >= 0.6 is 0 Å². The molecule has 19 heavy (non-hydrogen) atoms. The maximum atomic E-state index is 11.7. The molecule has 104 valence electrons. The van der Waals surface area contributed by atoms with Gasteiger partial charge in [0, 0.05) is 5.69 Å². The standard InChI is InChI=1S/C14H19NO4/c1-4-6-13(14(17)18-5-2)19-12-8-7-10(3)15-11(12)9-16/h7-9,13H,4-6H2,1-3H3. The molecular weight excluding hydrogens is 246 g/mol. The van der Waals surface area contributed by atoms with Gasteiger partial charge in [-0.25, -0.2) is 9.78 Å². The van der Waals surface area contributed by atoms with E-state index in [1.807, 2.05) is 6.92 Å². The number of ether oxygens (including phenoxy) is 2. The highest BCUT2D eigenvalue weighted by atomic mass is 16.6. The molecule has 0 fully saturated rings. The topological polar surface area (TPSA) is 65.5 Å². The molecule has 0 radical (unpaired) electrons. The fraction of sp³-hybridized carbons (Fsp3) is 0.500. The first-order valence-electron chi connectivity index (χ1n) is 6.38. The maximum Gasteiger partial charge on any atom is 0.347 e. The van der Waals surface area contributed by atoms with Crippen LogP contribution in [0.3, 0.4) is 0 Å². The van der Waals surface area contributed by atoms with Gasteiger partial charge in [0.2, 0.25) is 0 Å². The molecule has 5 heteroatoms. The quantitative estimate of drug-likeness (QED) is 0.559. The van der Waals surface area contributed by atoms with E-state index in [0.717, 1.165) is 12.1 Å². The van der Waals surface area contributed by atoms with Crippen LogP contribution in [0, 0.1) is 6.92 Å². The van der Waals surface area contributed by atoms with Crippen LogP contribution in [0.5, 0.6) is 5.75 Å². The lowest BCUT2D eigenvalue weighted by Gasteiger charge is -2.17. The number of esters is 1. The molecule has 1 heterocycles. The number of hydrogen-bond acceptors (Lipinski definition) is 5. The predicted octanol–water partition coefficient (Wildman–Crippen LogP) is 2.31. The monoisotopic (exact) mass is 265 g/mol. The zero-order valence-electron chi connectivity index (χ0n) is 11.5. The van der Waals surface area contributed by atoms with E-state index in [0.29, 0.717) is 25.1 Å². The summed E-state index contributed by atoms with van der Waals surface area (Å²) in [6, 6.07) is 3.38. The van der Waals surface area contributed by atoms with Gasteiger partial charge in [0.25, 0.3) is 0 Å². The van der Waals surface area contributed by atoms with Crippen molar-refractivity contribution in [3.05, 3.63) is 23.5 Å². The van der Waals surface area contributed by atoms with Gasteiger partial charge in [0.1, 0.15) is 11.4 Å². The summed E-state index contributed by atoms with van der Waals surface area (Å²) in [4.78, 5) is 26.8. The molecule has 0 bridgehead atoms. The van der Waals surface area contributed by atoms with E-state index in [-0.39, 0.29) is 5.69 Å². The van der Waals surface area contributed by atoms with E-state index in [1.165, 1.54) is 0 Å². The van der Waals surface area contributed by atoms with Crippen molar-refractivity contribution < 1.29 is 19.1 Å². The Balaban J connectivity index is 2.89. The molecule has 1 rings (SSSR count). The Bertz CT molecular complexity index is 445. The Morgan fingerprint density at radius 1 is 1.42 bits per heavy atom. The van der Waals surface area contributed by atoms with Crippen LogP contribution in [0.1, 0.15) is 42.9 Å². The summed E-state index contributed by atoms with van der Waals surface area (Å²) < 4.78 is 10.5. The van der Waals surface area contributed by atoms with Crippen LogP contribution < -0.4 is 4.74 Å². The minimum absolute atomic E-state index is 0.199. The van der Waals surface area contributed by atoms with Crippen LogP contribution in [0.25, 0.3) is 0 Å². The lowest BCUT2D eigenvalue weighted by Crippen LogP contribution is -2.29. The molecule has 0 saturated heterocycles. The molecule has 1 aromatic rings. The summed E-state index contributed by atoms with van der Waals surface area (Å²) in [6.07, 6.45) is 1.23.